The van der Waals surface area contributed by atoms with Crippen LogP contribution in [-0.4, -0.2) is 46.1 Å². The van der Waals surface area contributed by atoms with E-state index in [1.54, 1.807) is 7.11 Å². The van der Waals surface area contributed by atoms with Gasteiger partial charge in [-0.05, 0) is 50.9 Å². The van der Waals surface area contributed by atoms with Crippen LogP contribution in [0.5, 0.6) is 5.75 Å². The maximum absolute atomic E-state index is 5.69. The summed E-state index contributed by atoms with van der Waals surface area (Å²) in [5.41, 5.74) is 1.27. The Labute approximate surface area is 128 Å². The molecule has 0 radical (unpaired) electrons. The number of nitrogens with one attached hydrogen (secondary N) is 1. The highest BCUT2D eigenvalue weighted by molar-refractivity contribution is 5.27. The number of ether oxygens (including phenoxy) is 3. The van der Waals surface area contributed by atoms with Crippen molar-refractivity contribution in [2.24, 2.45) is 0 Å². The van der Waals surface area contributed by atoms with Crippen LogP contribution in [0.15, 0.2) is 24.3 Å². The van der Waals surface area contributed by atoms with E-state index in [1.165, 1.54) is 5.56 Å². The second-order valence-corrected chi connectivity index (χ2v) is 5.26. The van der Waals surface area contributed by atoms with E-state index < -0.39 is 0 Å². The van der Waals surface area contributed by atoms with Crippen LogP contribution >= 0.6 is 0 Å². The minimum absolute atomic E-state index is 0.320. The molecule has 0 atom stereocenters. The molecule has 1 aromatic rings. The normalized spacial score (nSPS) is 11.0. The SMILES string of the molecule is COCCc1ccc(OCCNCCCOC(C)C)cc1. The van der Waals surface area contributed by atoms with Crippen molar-refractivity contribution >= 4 is 0 Å². The monoisotopic (exact) mass is 295 g/mol. The van der Waals surface area contributed by atoms with Crippen LogP contribution in [0.2, 0.25) is 0 Å². The molecule has 0 aromatic heterocycles. The van der Waals surface area contributed by atoms with Gasteiger partial charge >= 0.3 is 0 Å². The number of hydrogen-bond donors (Lipinski definition) is 1. The maximum atomic E-state index is 5.69. The van der Waals surface area contributed by atoms with Gasteiger partial charge in [-0.2, -0.15) is 0 Å². The van der Waals surface area contributed by atoms with E-state index in [0.29, 0.717) is 12.7 Å². The first-order chi connectivity index (χ1) is 10.2. The fourth-order valence-electron chi connectivity index (χ4n) is 1.85. The van der Waals surface area contributed by atoms with E-state index in [-0.39, 0.29) is 0 Å². The largest absolute Gasteiger partial charge is 0.492 e. The minimum atomic E-state index is 0.320. The summed E-state index contributed by atoms with van der Waals surface area (Å²) in [4.78, 5) is 0. The Bertz CT molecular complexity index is 352. The Morgan fingerprint density at radius 2 is 1.76 bits per heavy atom. The third-order valence-electron chi connectivity index (χ3n) is 3.01. The van der Waals surface area contributed by atoms with Gasteiger partial charge in [0.15, 0.2) is 0 Å². The molecule has 0 aliphatic rings. The van der Waals surface area contributed by atoms with Gasteiger partial charge in [-0.3, -0.25) is 0 Å². The average molecular weight is 295 g/mol. The molecule has 4 heteroatoms. The van der Waals surface area contributed by atoms with Crippen molar-refractivity contribution in [1.29, 1.82) is 0 Å². The zero-order chi connectivity index (χ0) is 15.3. The second kappa shape index (κ2) is 11.5. The van der Waals surface area contributed by atoms with Gasteiger partial charge in [-0.25, -0.2) is 0 Å². The lowest BCUT2D eigenvalue weighted by Gasteiger charge is -2.09. The summed E-state index contributed by atoms with van der Waals surface area (Å²) in [6.45, 7) is 8.18. The summed E-state index contributed by atoms with van der Waals surface area (Å²) in [5, 5.41) is 3.35. The van der Waals surface area contributed by atoms with Crippen LogP contribution in [0.1, 0.15) is 25.8 Å². The van der Waals surface area contributed by atoms with Crippen molar-refractivity contribution in [3.05, 3.63) is 29.8 Å². The van der Waals surface area contributed by atoms with Gasteiger partial charge in [-0.1, -0.05) is 12.1 Å². The molecule has 0 saturated carbocycles. The molecule has 0 aliphatic carbocycles. The zero-order valence-corrected chi connectivity index (χ0v) is 13.6. The van der Waals surface area contributed by atoms with Crippen molar-refractivity contribution < 1.29 is 14.2 Å². The zero-order valence-electron chi connectivity index (χ0n) is 13.6. The average Bonchev–Trinajstić information content (AvgIpc) is 2.48. The maximum Gasteiger partial charge on any atom is 0.119 e. The van der Waals surface area contributed by atoms with Crippen LogP contribution in [0.4, 0.5) is 0 Å². The molecular formula is C17H29NO3. The van der Waals surface area contributed by atoms with E-state index in [0.717, 1.165) is 44.9 Å². The third kappa shape index (κ3) is 9.45. The fraction of sp³-hybridized carbons (Fsp3) is 0.647. The molecule has 120 valence electrons. The van der Waals surface area contributed by atoms with Crippen LogP contribution in [0.25, 0.3) is 0 Å². The molecule has 0 unspecified atom stereocenters. The Morgan fingerprint density at radius 1 is 1.00 bits per heavy atom. The van der Waals surface area contributed by atoms with Crippen LogP contribution in [-0.2, 0) is 15.9 Å². The highest BCUT2D eigenvalue weighted by atomic mass is 16.5. The predicted molar refractivity (Wildman–Crippen MR) is 86.1 cm³/mol. The van der Waals surface area contributed by atoms with E-state index >= 15 is 0 Å². The smallest absolute Gasteiger partial charge is 0.119 e. The Morgan fingerprint density at radius 3 is 2.43 bits per heavy atom. The minimum Gasteiger partial charge on any atom is -0.492 e. The summed E-state index contributed by atoms with van der Waals surface area (Å²) < 4.78 is 16.2. The van der Waals surface area contributed by atoms with E-state index in [4.69, 9.17) is 14.2 Å². The van der Waals surface area contributed by atoms with Gasteiger partial charge in [-0.15, -0.1) is 0 Å². The fourth-order valence-corrected chi connectivity index (χ4v) is 1.85. The lowest BCUT2D eigenvalue weighted by atomic mass is 10.1. The lowest BCUT2D eigenvalue weighted by Crippen LogP contribution is -2.23. The molecular weight excluding hydrogens is 266 g/mol. The molecule has 0 bridgehead atoms. The number of rotatable bonds is 12. The van der Waals surface area contributed by atoms with Gasteiger partial charge in [0.1, 0.15) is 12.4 Å². The molecule has 0 heterocycles. The topological polar surface area (TPSA) is 39.7 Å². The number of methoxy groups -OCH3 is 1. The molecule has 1 N–H and O–H groups in total. The highest BCUT2D eigenvalue weighted by Gasteiger charge is 1.96. The molecule has 0 saturated heterocycles. The molecule has 0 amide bonds. The van der Waals surface area contributed by atoms with Crippen molar-refractivity contribution in [1.82, 2.24) is 5.32 Å². The molecule has 0 fully saturated rings. The number of benzene rings is 1. The molecule has 1 aromatic carbocycles. The van der Waals surface area contributed by atoms with Gasteiger partial charge in [0.05, 0.1) is 12.7 Å². The molecule has 0 spiro atoms. The number of hydrogen-bond acceptors (Lipinski definition) is 4. The lowest BCUT2D eigenvalue weighted by molar-refractivity contribution is 0.0770. The summed E-state index contributed by atoms with van der Waals surface area (Å²) in [6, 6.07) is 8.21. The van der Waals surface area contributed by atoms with Gasteiger partial charge in [0, 0.05) is 20.3 Å². The van der Waals surface area contributed by atoms with Crippen molar-refractivity contribution in [2.45, 2.75) is 32.8 Å². The van der Waals surface area contributed by atoms with Crippen molar-refractivity contribution in [2.75, 3.05) is 40.0 Å². The Hall–Kier alpha value is -1.10. The first kappa shape index (κ1) is 18.0. The standard InChI is InChI=1S/C17H29NO3/c1-15(2)20-12-4-10-18-11-14-21-17-7-5-16(6-8-17)9-13-19-3/h5-8,15,18H,4,9-14H2,1-3H3. The van der Waals surface area contributed by atoms with Crippen LogP contribution in [0.3, 0.4) is 0 Å². The molecule has 0 aliphatic heterocycles. The van der Waals surface area contributed by atoms with E-state index in [2.05, 4.69) is 31.3 Å². The van der Waals surface area contributed by atoms with Gasteiger partial charge < -0.3 is 19.5 Å². The predicted octanol–water partition coefficient (Wildman–Crippen LogP) is 2.66. The van der Waals surface area contributed by atoms with E-state index in [1.807, 2.05) is 12.1 Å². The quantitative estimate of drug-likeness (QED) is 0.602. The molecule has 1 rings (SSSR count). The van der Waals surface area contributed by atoms with Crippen molar-refractivity contribution in [3.63, 3.8) is 0 Å². The molecule has 4 nitrogen and oxygen atoms in total. The third-order valence-corrected chi connectivity index (χ3v) is 3.01. The van der Waals surface area contributed by atoms with Crippen molar-refractivity contribution in [3.8, 4) is 5.75 Å². The highest BCUT2D eigenvalue weighted by Crippen LogP contribution is 2.12. The summed E-state index contributed by atoms with van der Waals surface area (Å²) in [6.07, 6.45) is 2.29. The van der Waals surface area contributed by atoms with Crippen LogP contribution < -0.4 is 10.1 Å². The Balaban J connectivity index is 2.02. The Kier molecular flexibility index (Phi) is 9.87. The van der Waals surface area contributed by atoms with Gasteiger partial charge in [0.2, 0.25) is 0 Å². The summed E-state index contributed by atoms with van der Waals surface area (Å²) in [7, 11) is 1.72. The van der Waals surface area contributed by atoms with Crippen LogP contribution in [0, 0.1) is 0 Å². The first-order valence-corrected chi connectivity index (χ1v) is 7.75. The molecule has 21 heavy (non-hydrogen) atoms. The first-order valence-electron chi connectivity index (χ1n) is 7.75. The summed E-state index contributed by atoms with van der Waals surface area (Å²) in [5.74, 6) is 0.918. The van der Waals surface area contributed by atoms with Gasteiger partial charge in [0.25, 0.3) is 0 Å². The van der Waals surface area contributed by atoms with E-state index in [9.17, 15) is 0 Å². The summed E-state index contributed by atoms with van der Waals surface area (Å²) >= 11 is 0. The second-order valence-electron chi connectivity index (χ2n) is 5.26.